The first-order valence-corrected chi connectivity index (χ1v) is 7.06. The number of carbonyl (C=O) groups is 1. The molecule has 20 heavy (non-hydrogen) atoms. The molecular formula is C16H24FNO2. The molecule has 1 aromatic rings. The highest BCUT2D eigenvalue weighted by Crippen LogP contribution is 2.20. The highest BCUT2D eigenvalue weighted by molar-refractivity contribution is 5.80. The van der Waals surface area contributed by atoms with Gasteiger partial charge in [-0.15, -0.1) is 0 Å². The van der Waals surface area contributed by atoms with Crippen molar-refractivity contribution < 1.29 is 13.9 Å². The van der Waals surface area contributed by atoms with Gasteiger partial charge in [0.2, 0.25) is 0 Å². The summed E-state index contributed by atoms with van der Waals surface area (Å²) in [5, 5.41) is 3.02. The van der Waals surface area contributed by atoms with Crippen LogP contribution in [0.1, 0.15) is 32.8 Å². The smallest absolute Gasteiger partial charge is 0.135 e. The lowest BCUT2D eigenvalue weighted by Gasteiger charge is -2.15. The maximum Gasteiger partial charge on any atom is 0.135 e. The van der Waals surface area contributed by atoms with E-state index in [0.717, 1.165) is 6.54 Å². The fourth-order valence-electron chi connectivity index (χ4n) is 1.92. The monoisotopic (exact) mass is 281 g/mol. The SMILES string of the molecule is CNCC(C)Oc1ccc(F)c(CCC(=O)C(C)C)c1. The summed E-state index contributed by atoms with van der Waals surface area (Å²) in [6.07, 6.45) is 0.792. The van der Waals surface area contributed by atoms with E-state index in [1.165, 1.54) is 6.07 Å². The molecule has 0 bridgehead atoms. The number of ether oxygens (including phenoxy) is 1. The van der Waals surface area contributed by atoms with E-state index in [0.29, 0.717) is 24.2 Å². The average molecular weight is 281 g/mol. The Morgan fingerprint density at radius 1 is 1.35 bits per heavy atom. The van der Waals surface area contributed by atoms with Crippen LogP contribution in [0.4, 0.5) is 4.39 Å². The van der Waals surface area contributed by atoms with Crippen LogP contribution in [0.25, 0.3) is 0 Å². The van der Waals surface area contributed by atoms with Gasteiger partial charge in [-0.25, -0.2) is 4.39 Å². The van der Waals surface area contributed by atoms with Crippen LogP contribution in [0, 0.1) is 11.7 Å². The van der Waals surface area contributed by atoms with Crippen LogP contribution in [0.15, 0.2) is 18.2 Å². The predicted octanol–water partition coefficient (Wildman–Crippen LogP) is 2.97. The largest absolute Gasteiger partial charge is 0.489 e. The maximum atomic E-state index is 13.7. The summed E-state index contributed by atoms with van der Waals surface area (Å²) in [5.74, 6) is 0.503. The lowest BCUT2D eigenvalue weighted by molar-refractivity contribution is -0.121. The first kappa shape index (κ1) is 16.6. The standard InChI is InChI=1S/C16H24FNO2/c1-11(2)16(19)8-5-13-9-14(6-7-15(13)17)20-12(3)10-18-4/h6-7,9,11-12,18H,5,8,10H2,1-4H3. The second-order valence-corrected chi connectivity index (χ2v) is 5.36. The van der Waals surface area contributed by atoms with E-state index in [-0.39, 0.29) is 23.6 Å². The van der Waals surface area contributed by atoms with Crippen LogP contribution in [-0.4, -0.2) is 25.5 Å². The van der Waals surface area contributed by atoms with Crippen LogP contribution in [0.5, 0.6) is 5.75 Å². The van der Waals surface area contributed by atoms with Crippen LogP contribution >= 0.6 is 0 Å². The molecule has 0 fully saturated rings. The number of hydrogen-bond acceptors (Lipinski definition) is 3. The van der Waals surface area contributed by atoms with Crippen LogP contribution in [-0.2, 0) is 11.2 Å². The summed E-state index contributed by atoms with van der Waals surface area (Å²) in [7, 11) is 1.85. The maximum absolute atomic E-state index is 13.7. The van der Waals surface area contributed by atoms with Gasteiger partial charge in [0.25, 0.3) is 0 Å². The lowest BCUT2D eigenvalue weighted by atomic mass is 10.0. The molecular weight excluding hydrogens is 257 g/mol. The number of nitrogens with one attached hydrogen (secondary N) is 1. The Morgan fingerprint density at radius 2 is 2.05 bits per heavy atom. The van der Waals surface area contributed by atoms with E-state index in [1.54, 1.807) is 12.1 Å². The molecule has 1 rings (SSSR count). The van der Waals surface area contributed by atoms with Crippen molar-refractivity contribution in [1.82, 2.24) is 5.32 Å². The summed E-state index contributed by atoms with van der Waals surface area (Å²) in [6.45, 7) is 6.38. The Kier molecular flexibility index (Phi) is 6.65. The highest BCUT2D eigenvalue weighted by atomic mass is 19.1. The fraction of sp³-hybridized carbons (Fsp3) is 0.562. The van der Waals surface area contributed by atoms with Crippen LogP contribution in [0.3, 0.4) is 0 Å². The number of Topliss-reactive ketones (excluding diaryl/α,β-unsaturated/α-hetero) is 1. The van der Waals surface area contributed by atoms with Gasteiger partial charge < -0.3 is 10.1 Å². The summed E-state index contributed by atoms with van der Waals surface area (Å²) in [4.78, 5) is 11.6. The first-order chi connectivity index (χ1) is 9.43. The zero-order chi connectivity index (χ0) is 15.1. The Bertz CT molecular complexity index is 446. The number of halogens is 1. The van der Waals surface area contributed by atoms with Crippen molar-refractivity contribution in [2.24, 2.45) is 5.92 Å². The molecule has 1 unspecified atom stereocenters. The van der Waals surface area contributed by atoms with E-state index in [2.05, 4.69) is 5.32 Å². The molecule has 1 aromatic carbocycles. The number of aryl methyl sites for hydroxylation is 1. The predicted molar refractivity (Wildman–Crippen MR) is 78.6 cm³/mol. The Balaban J connectivity index is 2.68. The Labute approximate surface area is 120 Å². The van der Waals surface area contributed by atoms with Crippen molar-refractivity contribution >= 4 is 5.78 Å². The number of carbonyl (C=O) groups excluding carboxylic acids is 1. The summed E-state index contributed by atoms with van der Waals surface area (Å²) in [6, 6.07) is 4.71. The van der Waals surface area contributed by atoms with Gasteiger partial charge in [-0.05, 0) is 44.2 Å². The third-order valence-electron chi connectivity index (χ3n) is 3.13. The van der Waals surface area contributed by atoms with Crippen molar-refractivity contribution in [3.8, 4) is 5.75 Å². The minimum Gasteiger partial charge on any atom is -0.489 e. The molecule has 0 aliphatic carbocycles. The molecule has 0 radical (unpaired) electrons. The average Bonchev–Trinajstić information content (AvgIpc) is 2.39. The first-order valence-electron chi connectivity index (χ1n) is 7.06. The zero-order valence-corrected chi connectivity index (χ0v) is 12.7. The van der Waals surface area contributed by atoms with Crippen LogP contribution < -0.4 is 10.1 Å². The second kappa shape index (κ2) is 8.00. The van der Waals surface area contributed by atoms with E-state index in [9.17, 15) is 9.18 Å². The fourth-order valence-corrected chi connectivity index (χ4v) is 1.92. The normalized spacial score (nSPS) is 12.5. The van der Waals surface area contributed by atoms with Crippen molar-refractivity contribution in [3.05, 3.63) is 29.6 Å². The molecule has 0 heterocycles. The van der Waals surface area contributed by atoms with Crippen molar-refractivity contribution in [1.29, 1.82) is 0 Å². The Hall–Kier alpha value is -1.42. The van der Waals surface area contributed by atoms with Crippen LogP contribution in [0.2, 0.25) is 0 Å². The minimum absolute atomic E-state index is 0.00635. The summed E-state index contributed by atoms with van der Waals surface area (Å²) in [5.41, 5.74) is 0.535. The third kappa shape index (κ3) is 5.29. The highest BCUT2D eigenvalue weighted by Gasteiger charge is 2.11. The zero-order valence-electron chi connectivity index (χ0n) is 12.7. The van der Waals surface area contributed by atoms with E-state index in [4.69, 9.17) is 4.74 Å². The molecule has 0 aromatic heterocycles. The summed E-state index contributed by atoms with van der Waals surface area (Å²) >= 11 is 0. The Morgan fingerprint density at radius 3 is 2.65 bits per heavy atom. The van der Waals surface area contributed by atoms with Crippen molar-refractivity contribution in [3.63, 3.8) is 0 Å². The molecule has 0 aliphatic heterocycles. The quantitative estimate of drug-likeness (QED) is 0.796. The van der Waals surface area contributed by atoms with Gasteiger partial charge in [-0.2, -0.15) is 0 Å². The van der Waals surface area contributed by atoms with Gasteiger partial charge in [-0.1, -0.05) is 13.8 Å². The molecule has 4 heteroatoms. The number of benzene rings is 1. The molecule has 0 aliphatic rings. The van der Waals surface area contributed by atoms with Gasteiger partial charge in [-0.3, -0.25) is 4.79 Å². The van der Waals surface area contributed by atoms with Gasteiger partial charge in [0.1, 0.15) is 23.5 Å². The number of ketones is 1. The van der Waals surface area contributed by atoms with Crippen molar-refractivity contribution in [2.45, 2.75) is 39.7 Å². The van der Waals surface area contributed by atoms with E-state index < -0.39 is 0 Å². The molecule has 1 atom stereocenters. The number of likely N-dealkylation sites (N-methyl/N-ethyl adjacent to an activating group) is 1. The molecule has 0 saturated carbocycles. The molecule has 112 valence electrons. The topological polar surface area (TPSA) is 38.3 Å². The van der Waals surface area contributed by atoms with Gasteiger partial charge >= 0.3 is 0 Å². The minimum atomic E-state index is -0.282. The molecule has 0 spiro atoms. The van der Waals surface area contributed by atoms with E-state index >= 15 is 0 Å². The van der Waals surface area contributed by atoms with Gasteiger partial charge in [0, 0.05) is 18.9 Å². The number of hydrogen-bond donors (Lipinski definition) is 1. The molecule has 1 N–H and O–H groups in total. The molecule has 0 amide bonds. The second-order valence-electron chi connectivity index (χ2n) is 5.36. The third-order valence-corrected chi connectivity index (χ3v) is 3.13. The molecule has 3 nitrogen and oxygen atoms in total. The van der Waals surface area contributed by atoms with Gasteiger partial charge in [0.05, 0.1) is 0 Å². The lowest BCUT2D eigenvalue weighted by Crippen LogP contribution is -2.26. The summed E-state index contributed by atoms with van der Waals surface area (Å²) < 4.78 is 19.4. The van der Waals surface area contributed by atoms with Crippen molar-refractivity contribution in [2.75, 3.05) is 13.6 Å². The van der Waals surface area contributed by atoms with Gasteiger partial charge in [0.15, 0.2) is 0 Å². The molecule has 0 saturated heterocycles. The number of rotatable bonds is 8. The van der Waals surface area contributed by atoms with E-state index in [1.807, 2.05) is 27.8 Å².